The Labute approximate surface area is 160 Å². The van der Waals surface area contributed by atoms with Crippen LogP contribution in [-0.4, -0.2) is 74.9 Å². The first kappa shape index (κ1) is 22.0. The highest BCUT2D eigenvalue weighted by atomic mass is 32.3. The molecule has 1 heterocycles. The van der Waals surface area contributed by atoms with Crippen LogP contribution in [0.5, 0.6) is 0 Å². The maximum atomic E-state index is 10.7. The second-order valence-corrected chi connectivity index (χ2v) is 7.91. The average molecular weight is 422 g/mol. The first-order valence-electron chi connectivity index (χ1n) is 7.93. The molecule has 1 aliphatic heterocycles. The molecule has 1 fully saturated rings. The number of oxime groups is 1. The largest absolute Gasteiger partial charge is 0.714 e. The van der Waals surface area contributed by atoms with E-state index < -0.39 is 46.9 Å². The number of nitrogens with zero attached hydrogens (tertiary/aromatic N) is 1. The molecule has 152 valence electrons. The van der Waals surface area contributed by atoms with Gasteiger partial charge in [-0.2, -0.15) is 8.42 Å². The number of ether oxygens (including phenoxy) is 1. The first-order chi connectivity index (χ1) is 12.7. The molecule has 1 saturated heterocycles. The molecule has 27 heavy (non-hydrogen) atoms. The Bertz CT molecular complexity index is 726. The molecule has 1 aromatic carbocycles. The molecule has 0 bridgehead atoms. The van der Waals surface area contributed by atoms with Crippen LogP contribution >= 0.6 is 11.8 Å². The number of aryl methyl sites for hydroxylation is 1. The highest BCUT2D eigenvalue weighted by molar-refractivity contribution is 8.14. The molecular weight excluding hydrogens is 402 g/mol. The summed E-state index contributed by atoms with van der Waals surface area (Å²) in [6.07, 6.45) is -5.21. The van der Waals surface area contributed by atoms with Gasteiger partial charge in [0.25, 0.3) is 10.4 Å². The molecule has 0 spiro atoms. The third-order valence-corrected chi connectivity index (χ3v) is 5.23. The Morgan fingerprint density at radius 1 is 1.19 bits per heavy atom. The summed E-state index contributed by atoms with van der Waals surface area (Å²) in [5.41, 5.74) is -0.266. The number of hydrogen-bond donors (Lipinski definition) is 4. The number of rotatable bonds is 7. The van der Waals surface area contributed by atoms with Crippen LogP contribution in [0.4, 0.5) is 0 Å². The molecule has 12 heteroatoms. The second-order valence-electron chi connectivity index (χ2n) is 5.77. The Morgan fingerprint density at radius 2 is 1.85 bits per heavy atom. The van der Waals surface area contributed by atoms with E-state index in [9.17, 15) is 33.4 Å². The van der Waals surface area contributed by atoms with Crippen LogP contribution in [0.25, 0.3) is 0 Å². The fraction of sp³-hybridized carbons (Fsp3) is 0.533. The van der Waals surface area contributed by atoms with Gasteiger partial charge in [-0.05, 0) is 12.0 Å². The smallest absolute Gasteiger partial charge is 0.284 e. The predicted molar refractivity (Wildman–Crippen MR) is 94.3 cm³/mol. The zero-order valence-corrected chi connectivity index (χ0v) is 15.6. The molecular formula is C15H20NO9S2-. The monoisotopic (exact) mass is 422 g/mol. The van der Waals surface area contributed by atoms with E-state index in [2.05, 4.69) is 9.44 Å². The first-order valence-corrected chi connectivity index (χ1v) is 10.1. The van der Waals surface area contributed by atoms with Crippen molar-refractivity contribution in [2.24, 2.45) is 5.16 Å². The van der Waals surface area contributed by atoms with Gasteiger partial charge in [0.2, 0.25) is 0 Å². The van der Waals surface area contributed by atoms with Crippen LogP contribution in [-0.2, 0) is 25.8 Å². The maximum absolute atomic E-state index is 10.7. The summed E-state index contributed by atoms with van der Waals surface area (Å²) in [5.74, 6) is 0. The van der Waals surface area contributed by atoms with Gasteiger partial charge in [-0.3, -0.25) is 4.28 Å². The fourth-order valence-corrected chi connectivity index (χ4v) is 3.70. The number of hydrogen-bond acceptors (Lipinski definition) is 11. The minimum atomic E-state index is -5.07. The van der Waals surface area contributed by atoms with E-state index in [1.54, 1.807) is 0 Å². The molecule has 0 saturated carbocycles. The lowest BCUT2D eigenvalue weighted by Gasteiger charge is -2.39. The minimum absolute atomic E-state index is 0.0163. The van der Waals surface area contributed by atoms with Gasteiger partial charge in [0.05, 0.1) is 6.61 Å². The summed E-state index contributed by atoms with van der Waals surface area (Å²) >= 11 is 0.726. The van der Waals surface area contributed by atoms with Crippen molar-refractivity contribution in [2.75, 3.05) is 6.61 Å². The van der Waals surface area contributed by atoms with Crippen molar-refractivity contribution in [3.63, 3.8) is 0 Å². The van der Waals surface area contributed by atoms with Crippen LogP contribution in [0.3, 0.4) is 0 Å². The standard InChI is InChI=1S/C15H21NO9S2/c17-8-10-12(18)13(19)14(20)15(24-10)26-11(16-25-27(21,22)23)7-6-9-4-2-1-3-5-9/h1-5,10,12-15,17-20H,6-8H2,(H,21,22,23)/p-1/t10-,12-,13+,14-,15+/m1/s1. The average Bonchev–Trinajstić information content (AvgIpc) is 2.64. The third kappa shape index (κ3) is 6.69. The van der Waals surface area contributed by atoms with Crippen LogP contribution in [0.2, 0.25) is 0 Å². The van der Waals surface area contributed by atoms with Gasteiger partial charge in [-0.25, -0.2) is 0 Å². The molecule has 0 radical (unpaired) electrons. The summed E-state index contributed by atoms with van der Waals surface area (Å²) < 4.78 is 41.3. The maximum Gasteiger partial charge on any atom is 0.284 e. The van der Waals surface area contributed by atoms with E-state index in [1.807, 2.05) is 30.3 Å². The van der Waals surface area contributed by atoms with Crippen molar-refractivity contribution >= 4 is 27.2 Å². The van der Waals surface area contributed by atoms with E-state index in [-0.39, 0.29) is 11.5 Å². The Kier molecular flexibility index (Phi) is 8.00. The molecule has 1 aliphatic rings. The van der Waals surface area contributed by atoms with E-state index in [0.29, 0.717) is 6.42 Å². The quantitative estimate of drug-likeness (QED) is 0.140. The SMILES string of the molecule is O=S(=O)([O-])ON=C(CCc1ccccc1)S[C@@H]1O[C@H](CO)[C@@H](O)[C@H](O)[C@H]1O. The molecule has 2 rings (SSSR count). The van der Waals surface area contributed by atoms with Crippen molar-refractivity contribution < 1.29 is 42.4 Å². The molecule has 4 N–H and O–H groups in total. The fourth-order valence-electron chi connectivity index (χ4n) is 2.41. The summed E-state index contributed by atoms with van der Waals surface area (Å²) in [5, 5.41) is 42.2. The second kappa shape index (κ2) is 9.80. The van der Waals surface area contributed by atoms with Crippen molar-refractivity contribution in [1.82, 2.24) is 0 Å². The normalized spacial score (nSPS) is 29.5. The third-order valence-electron chi connectivity index (χ3n) is 3.80. The highest BCUT2D eigenvalue weighted by Gasteiger charge is 2.44. The number of thioether (sulfide) groups is 1. The van der Waals surface area contributed by atoms with Crippen molar-refractivity contribution in [3.05, 3.63) is 35.9 Å². The van der Waals surface area contributed by atoms with Crippen molar-refractivity contribution in [2.45, 2.75) is 42.7 Å². The topological polar surface area (TPSA) is 169 Å². The zero-order valence-electron chi connectivity index (χ0n) is 14.0. The zero-order chi connectivity index (χ0) is 20.0. The summed E-state index contributed by atoms with van der Waals surface area (Å²) in [7, 11) is -5.07. The predicted octanol–water partition coefficient (Wildman–Crippen LogP) is -1.06. The van der Waals surface area contributed by atoms with Gasteiger partial charge in [0, 0.05) is 6.42 Å². The van der Waals surface area contributed by atoms with Gasteiger partial charge < -0.3 is 29.7 Å². The van der Waals surface area contributed by atoms with Gasteiger partial charge in [-0.15, -0.1) is 0 Å². The Morgan fingerprint density at radius 3 is 2.44 bits per heavy atom. The Balaban J connectivity index is 2.12. The number of aliphatic hydroxyl groups is 4. The van der Waals surface area contributed by atoms with Crippen molar-refractivity contribution in [3.8, 4) is 0 Å². The molecule has 0 amide bonds. The summed E-state index contributed by atoms with van der Waals surface area (Å²) in [6.45, 7) is -0.607. The van der Waals surface area contributed by atoms with Crippen LogP contribution in [0, 0.1) is 0 Å². The van der Waals surface area contributed by atoms with Crippen LogP contribution in [0.15, 0.2) is 35.5 Å². The lowest BCUT2D eigenvalue weighted by atomic mass is 10.0. The van der Waals surface area contributed by atoms with E-state index in [1.165, 1.54) is 0 Å². The van der Waals surface area contributed by atoms with Gasteiger partial charge in [0.15, 0.2) is 0 Å². The minimum Gasteiger partial charge on any atom is -0.714 e. The molecule has 0 aliphatic carbocycles. The van der Waals surface area contributed by atoms with E-state index in [4.69, 9.17) is 4.74 Å². The highest BCUT2D eigenvalue weighted by Crippen LogP contribution is 2.30. The van der Waals surface area contributed by atoms with E-state index >= 15 is 0 Å². The molecule has 1 aromatic rings. The summed E-state index contributed by atoms with van der Waals surface area (Å²) in [4.78, 5) is 0. The summed E-state index contributed by atoms with van der Waals surface area (Å²) in [6, 6.07) is 9.13. The van der Waals surface area contributed by atoms with Crippen LogP contribution in [0.1, 0.15) is 12.0 Å². The lowest BCUT2D eigenvalue weighted by molar-refractivity contribution is -0.205. The number of benzene rings is 1. The van der Waals surface area contributed by atoms with Gasteiger partial charge in [-0.1, -0.05) is 47.2 Å². The van der Waals surface area contributed by atoms with Gasteiger partial charge >= 0.3 is 0 Å². The molecule has 0 aromatic heterocycles. The van der Waals surface area contributed by atoms with E-state index in [0.717, 1.165) is 17.3 Å². The van der Waals surface area contributed by atoms with Crippen molar-refractivity contribution in [1.29, 1.82) is 0 Å². The molecule has 10 nitrogen and oxygen atoms in total. The van der Waals surface area contributed by atoms with Gasteiger partial charge in [0.1, 0.15) is 34.9 Å². The lowest BCUT2D eigenvalue weighted by Crippen LogP contribution is -2.57. The number of aliphatic hydroxyl groups excluding tert-OH is 4. The Hall–Kier alpha value is -1.25. The molecule has 5 atom stereocenters. The molecule has 0 unspecified atom stereocenters. The van der Waals surface area contributed by atoms with Crippen LogP contribution < -0.4 is 0 Å².